The predicted molar refractivity (Wildman–Crippen MR) is 377 cm³/mol. The fraction of sp³-hybridized carbons (Fsp3) is 0.946. The van der Waals surface area contributed by atoms with Crippen LogP contribution in [0.3, 0.4) is 0 Å². The molecule has 3 N–H and O–H groups in total. The Kier molecular flexibility index (Phi) is 63.4. The van der Waals surface area contributed by atoms with Crippen LogP contribution in [-0.2, 0) is 65.4 Å². The first kappa shape index (κ1) is 91.1. The highest BCUT2D eigenvalue weighted by atomic mass is 31.2. The number of phosphoric acid groups is 2. The molecular formula is C74H144O17P2. The minimum atomic E-state index is -4.96. The molecule has 0 rings (SSSR count). The van der Waals surface area contributed by atoms with Crippen molar-refractivity contribution in [1.29, 1.82) is 0 Å². The van der Waals surface area contributed by atoms with Crippen LogP contribution in [0.15, 0.2) is 0 Å². The van der Waals surface area contributed by atoms with Crippen molar-refractivity contribution >= 4 is 39.5 Å². The van der Waals surface area contributed by atoms with Crippen LogP contribution in [0, 0.1) is 17.8 Å². The SMILES string of the molecule is CCCCCCCCCCCCCCCCC(=O)O[C@H](COC(=O)CCCCCCCCC(C)C)COP(=O)(O)OC[C@H](O)COP(=O)(O)OC[C@@H](COC(=O)CCCCCCCCCCCCCC(C)C)OC(=O)CCCCCCCCCCCCCCCC(C)C. The van der Waals surface area contributed by atoms with Gasteiger partial charge in [0.15, 0.2) is 12.2 Å². The van der Waals surface area contributed by atoms with Gasteiger partial charge in [-0.25, -0.2) is 9.13 Å². The number of aliphatic hydroxyl groups excluding tert-OH is 1. The van der Waals surface area contributed by atoms with Crippen LogP contribution >= 0.6 is 15.6 Å². The summed E-state index contributed by atoms with van der Waals surface area (Å²) in [5.74, 6) is 0.116. The average Bonchev–Trinajstić information content (AvgIpc) is 1.85. The zero-order valence-electron chi connectivity index (χ0n) is 60.7. The molecule has 0 saturated carbocycles. The lowest BCUT2D eigenvalue weighted by atomic mass is 10.0. The first-order valence-electron chi connectivity index (χ1n) is 38.3. The third-order valence-electron chi connectivity index (χ3n) is 17.1. The second-order valence-corrected chi connectivity index (χ2v) is 31.0. The maximum atomic E-state index is 13.1. The van der Waals surface area contributed by atoms with Crippen molar-refractivity contribution in [2.24, 2.45) is 17.8 Å². The molecule has 0 aromatic rings. The van der Waals surface area contributed by atoms with Gasteiger partial charge < -0.3 is 33.8 Å². The van der Waals surface area contributed by atoms with Gasteiger partial charge in [-0.3, -0.25) is 37.3 Å². The number of hydrogen-bond acceptors (Lipinski definition) is 15. The topological polar surface area (TPSA) is 237 Å². The largest absolute Gasteiger partial charge is 0.472 e. The standard InChI is InChI=1S/C74H144O17P2/c1-8-9-10-11-12-13-14-15-18-23-29-34-43-50-57-74(79)91-70(62-85-72(77)56-49-42-37-36-40-47-54-67(6)7)64-89-93(82,83)87-60-68(75)59-86-92(80,81)88-63-69(61-84-71(76)55-48-41-33-28-25-20-22-27-32-39-46-53-66(4)5)90-73(78)58-51-44-35-30-24-19-16-17-21-26-31-38-45-52-65(2)3/h65-70,75H,8-64H2,1-7H3,(H,80,81)(H,82,83)/t68-,69-,70-/m1/s1. The molecule has 0 radical (unpaired) electrons. The lowest BCUT2D eigenvalue weighted by molar-refractivity contribution is -0.161. The Hall–Kier alpha value is -1.94. The van der Waals surface area contributed by atoms with Gasteiger partial charge in [0.05, 0.1) is 26.4 Å². The second kappa shape index (κ2) is 64.7. The van der Waals surface area contributed by atoms with E-state index in [4.69, 9.17) is 37.0 Å². The number of hydrogen-bond donors (Lipinski definition) is 3. The lowest BCUT2D eigenvalue weighted by Gasteiger charge is -2.21. The van der Waals surface area contributed by atoms with E-state index in [-0.39, 0.29) is 25.7 Å². The molecule has 0 amide bonds. The molecule has 0 bridgehead atoms. The second-order valence-electron chi connectivity index (χ2n) is 28.1. The van der Waals surface area contributed by atoms with E-state index in [1.54, 1.807) is 0 Å². The van der Waals surface area contributed by atoms with Crippen LogP contribution in [0.5, 0.6) is 0 Å². The molecule has 0 aliphatic heterocycles. The van der Waals surface area contributed by atoms with Gasteiger partial charge in [-0.05, 0) is 43.4 Å². The molecule has 2 unspecified atom stereocenters. The highest BCUT2D eigenvalue weighted by Gasteiger charge is 2.30. The van der Waals surface area contributed by atoms with Crippen molar-refractivity contribution in [3.8, 4) is 0 Å². The summed E-state index contributed by atoms with van der Waals surface area (Å²) in [6.07, 6.45) is 50.0. The summed E-state index contributed by atoms with van der Waals surface area (Å²) in [5.41, 5.74) is 0. The first-order valence-corrected chi connectivity index (χ1v) is 41.3. The molecule has 0 aromatic carbocycles. The minimum Gasteiger partial charge on any atom is -0.462 e. The zero-order valence-corrected chi connectivity index (χ0v) is 62.5. The fourth-order valence-electron chi connectivity index (χ4n) is 11.2. The molecule has 0 aliphatic carbocycles. The number of ether oxygens (including phenoxy) is 4. The number of carbonyl (C=O) groups excluding carboxylic acids is 4. The minimum absolute atomic E-state index is 0.107. The Morgan fingerprint density at radius 1 is 0.290 bits per heavy atom. The van der Waals surface area contributed by atoms with Crippen molar-refractivity contribution in [3.05, 3.63) is 0 Å². The molecule has 552 valence electrons. The molecule has 0 spiro atoms. The average molecular weight is 1370 g/mol. The van der Waals surface area contributed by atoms with E-state index in [0.29, 0.717) is 31.6 Å². The first-order chi connectivity index (χ1) is 44.7. The van der Waals surface area contributed by atoms with Gasteiger partial charge in [-0.2, -0.15) is 0 Å². The van der Waals surface area contributed by atoms with Crippen LogP contribution in [0.4, 0.5) is 0 Å². The quantitative estimate of drug-likeness (QED) is 0.0222. The Balaban J connectivity index is 5.24. The number of rotatable bonds is 72. The summed E-state index contributed by atoms with van der Waals surface area (Å²) in [6, 6.07) is 0. The smallest absolute Gasteiger partial charge is 0.462 e. The number of unbranched alkanes of at least 4 members (excludes halogenated alkanes) is 40. The van der Waals surface area contributed by atoms with E-state index < -0.39 is 97.5 Å². The van der Waals surface area contributed by atoms with Crippen LogP contribution in [0.25, 0.3) is 0 Å². The molecule has 0 aliphatic rings. The third-order valence-corrected chi connectivity index (χ3v) is 19.0. The molecule has 17 nitrogen and oxygen atoms in total. The van der Waals surface area contributed by atoms with Crippen molar-refractivity contribution in [3.63, 3.8) is 0 Å². The van der Waals surface area contributed by atoms with Crippen molar-refractivity contribution in [1.82, 2.24) is 0 Å². The number of esters is 4. The molecule has 0 fully saturated rings. The van der Waals surface area contributed by atoms with Crippen LogP contribution in [0.2, 0.25) is 0 Å². The van der Waals surface area contributed by atoms with Gasteiger partial charge in [-0.1, -0.05) is 325 Å². The van der Waals surface area contributed by atoms with E-state index in [1.807, 2.05) is 0 Å². The summed E-state index contributed by atoms with van der Waals surface area (Å²) in [4.78, 5) is 72.7. The number of phosphoric ester groups is 2. The number of carbonyl (C=O) groups is 4. The molecule has 0 saturated heterocycles. The van der Waals surface area contributed by atoms with E-state index in [0.717, 1.165) is 108 Å². The molecule has 0 heterocycles. The van der Waals surface area contributed by atoms with Gasteiger partial charge in [-0.15, -0.1) is 0 Å². The maximum Gasteiger partial charge on any atom is 0.472 e. The van der Waals surface area contributed by atoms with Gasteiger partial charge in [0, 0.05) is 25.7 Å². The van der Waals surface area contributed by atoms with Crippen LogP contribution in [0.1, 0.15) is 376 Å². The van der Waals surface area contributed by atoms with E-state index in [2.05, 4.69) is 48.5 Å². The maximum absolute atomic E-state index is 13.1. The van der Waals surface area contributed by atoms with Crippen molar-refractivity contribution < 1.29 is 80.2 Å². The van der Waals surface area contributed by atoms with Gasteiger partial charge in [0.2, 0.25) is 0 Å². The predicted octanol–water partition coefficient (Wildman–Crippen LogP) is 21.4. The Bertz CT molecular complexity index is 1820. The molecular weight excluding hydrogens is 1220 g/mol. The van der Waals surface area contributed by atoms with Crippen molar-refractivity contribution in [2.45, 2.75) is 394 Å². The van der Waals surface area contributed by atoms with Crippen LogP contribution < -0.4 is 0 Å². The Morgan fingerprint density at radius 2 is 0.495 bits per heavy atom. The Morgan fingerprint density at radius 3 is 0.731 bits per heavy atom. The van der Waals surface area contributed by atoms with Crippen molar-refractivity contribution in [2.75, 3.05) is 39.6 Å². The summed E-state index contributed by atoms with van der Waals surface area (Å²) in [6.45, 7) is 11.8. The summed E-state index contributed by atoms with van der Waals surface area (Å²) in [5, 5.41) is 10.6. The summed E-state index contributed by atoms with van der Waals surface area (Å²) in [7, 11) is -9.91. The monoisotopic (exact) mass is 1370 g/mol. The lowest BCUT2D eigenvalue weighted by Crippen LogP contribution is -2.30. The van der Waals surface area contributed by atoms with E-state index in [9.17, 15) is 43.2 Å². The van der Waals surface area contributed by atoms with Gasteiger partial charge in [0.1, 0.15) is 19.3 Å². The Labute approximate surface area is 568 Å². The molecule has 19 heteroatoms. The molecule has 0 aromatic heterocycles. The molecule has 93 heavy (non-hydrogen) atoms. The van der Waals surface area contributed by atoms with Gasteiger partial charge in [0.25, 0.3) is 0 Å². The van der Waals surface area contributed by atoms with E-state index in [1.165, 1.54) is 180 Å². The highest BCUT2D eigenvalue weighted by molar-refractivity contribution is 7.47. The molecule has 5 atom stereocenters. The van der Waals surface area contributed by atoms with Gasteiger partial charge >= 0.3 is 39.5 Å². The highest BCUT2D eigenvalue weighted by Crippen LogP contribution is 2.45. The zero-order chi connectivity index (χ0) is 68.7. The van der Waals surface area contributed by atoms with Crippen LogP contribution in [-0.4, -0.2) is 96.7 Å². The summed E-state index contributed by atoms with van der Waals surface area (Å²) >= 11 is 0. The third kappa shape index (κ3) is 68.4. The fourth-order valence-corrected chi connectivity index (χ4v) is 12.8. The normalized spacial score (nSPS) is 14.1. The number of aliphatic hydroxyl groups is 1. The summed E-state index contributed by atoms with van der Waals surface area (Å²) < 4.78 is 68.4. The van der Waals surface area contributed by atoms with E-state index >= 15 is 0 Å².